The summed E-state index contributed by atoms with van der Waals surface area (Å²) in [6.45, 7) is 1.73. The zero-order valence-electron chi connectivity index (χ0n) is 16.6. The summed E-state index contributed by atoms with van der Waals surface area (Å²) in [5.41, 5.74) is 1.64. The highest BCUT2D eigenvalue weighted by Crippen LogP contribution is 2.35. The highest BCUT2D eigenvalue weighted by molar-refractivity contribution is 7.98. The van der Waals surface area contributed by atoms with E-state index in [-0.39, 0.29) is 5.69 Å². The van der Waals surface area contributed by atoms with Crippen molar-refractivity contribution in [3.05, 3.63) is 63.0 Å². The lowest BCUT2D eigenvalue weighted by atomic mass is 10.2. The number of carbonyl (C=O) groups is 1. The number of thiazole rings is 1. The highest BCUT2D eigenvalue weighted by Gasteiger charge is 2.16. The molecule has 3 aromatic rings. The van der Waals surface area contributed by atoms with Crippen LogP contribution in [0.15, 0.2) is 47.5 Å². The number of nitrogens with zero attached hydrogens (tertiary/aromatic N) is 3. The summed E-state index contributed by atoms with van der Waals surface area (Å²) in [6, 6.07) is 9.84. The minimum atomic E-state index is -0.462. The Morgan fingerprint density at radius 2 is 1.97 bits per heavy atom. The maximum Gasteiger partial charge on any atom is 0.272 e. The van der Waals surface area contributed by atoms with Gasteiger partial charge in [-0.15, -0.1) is 0 Å². The zero-order valence-corrected chi connectivity index (χ0v) is 18.3. The van der Waals surface area contributed by atoms with Gasteiger partial charge < -0.3 is 14.0 Å². The van der Waals surface area contributed by atoms with E-state index in [1.807, 2.05) is 23.0 Å². The number of hydrogen-bond donors (Lipinski definition) is 0. The summed E-state index contributed by atoms with van der Waals surface area (Å²) in [6.07, 6.45) is 4.99. The molecule has 1 aliphatic rings. The number of benzene rings is 2. The summed E-state index contributed by atoms with van der Waals surface area (Å²) in [7, 11) is 0. The van der Waals surface area contributed by atoms with E-state index in [0.29, 0.717) is 41.6 Å². The highest BCUT2D eigenvalue weighted by atomic mass is 32.2. The van der Waals surface area contributed by atoms with E-state index in [1.54, 1.807) is 30.0 Å². The summed E-state index contributed by atoms with van der Waals surface area (Å²) in [5.74, 6) is 1.87. The first-order valence-electron chi connectivity index (χ1n) is 9.48. The second kappa shape index (κ2) is 9.36. The van der Waals surface area contributed by atoms with E-state index >= 15 is 0 Å². The molecule has 8 nitrogen and oxygen atoms in total. The first-order valence-corrected chi connectivity index (χ1v) is 11.7. The van der Waals surface area contributed by atoms with E-state index in [4.69, 9.17) is 9.47 Å². The number of hydrogen-bond acceptors (Lipinski definition) is 7. The van der Waals surface area contributed by atoms with Crippen molar-refractivity contribution in [3.63, 3.8) is 0 Å². The van der Waals surface area contributed by atoms with Gasteiger partial charge in [0.1, 0.15) is 13.2 Å². The topological polar surface area (TPSA) is 96.0 Å². The van der Waals surface area contributed by atoms with Crippen LogP contribution in [0.25, 0.3) is 16.3 Å². The largest absolute Gasteiger partial charge is 0.486 e. The zero-order chi connectivity index (χ0) is 21.8. The molecule has 0 N–H and O–H groups in total. The summed E-state index contributed by atoms with van der Waals surface area (Å²) in [5, 5.41) is 10.7. The molecule has 160 valence electrons. The first-order chi connectivity index (χ1) is 15.0. The average molecular weight is 458 g/mol. The van der Waals surface area contributed by atoms with E-state index in [2.05, 4.69) is 4.99 Å². The number of nitro groups is 1. The molecule has 0 atom stereocenters. The van der Waals surface area contributed by atoms with Gasteiger partial charge in [0.15, 0.2) is 16.3 Å². The third kappa shape index (κ3) is 4.80. The SMILES string of the molecule is CSCCn1c(=NC(=O)C=Cc2ccc([N+](=O)[O-])cc2)sc2cc3c(cc21)OCCO3. The molecule has 1 aromatic heterocycles. The molecule has 0 radical (unpaired) electrons. The maximum absolute atomic E-state index is 12.5. The van der Waals surface area contributed by atoms with Crippen molar-refractivity contribution in [1.29, 1.82) is 0 Å². The van der Waals surface area contributed by atoms with Crippen molar-refractivity contribution in [2.45, 2.75) is 6.54 Å². The fourth-order valence-electron chi connectivity index (χ4n) is 3.10. The predicted octanol–water partition coefficient (Wildman–Crippen LogP) is 3.89. The number of ether oxygens (including phenoxy) is 2. The number of nitro benzene ring substituents is 1. The number of carbonyl (C=O) groups excluding carboxylic acids is 1. The van der Waals surface area contributed by atoms with Gasteiger partial charge in [0, 0.05) is 42.6 Å². The average Bonchev–Trinajstić information content (AvgIpc) is 3.10. The van der Waals surface area contributed by atoms with E-state index in [1.165, 1.54) is 29.5 Å². The van der Waals surface area contributed by atoms with E-state index < -0.39 is 10.8 Å². The van der Waals surface area contributed by atoms with Gasteiger partial charge in [0.05, 0.1) is 15.1 Å². The monoisotopic (exact) mass is 457 g/mol. The third-order valence-electron chi connectivity index (χ3n) is 4.59. The molecule has 0 bridgehead atoms. The molecule has 0 fully saturated rings. The van der Waals surface area contributed by atoms with Crippen LogP contribution in [0.4, 0.5) is 5.69 Å². The summed E-state index contributed by atoms with van der Waals surface area (Å²) >= 11 is 3.14. The quantitative estimate of drug-likeness (QED) is 0.317. The van der Waals surface area contributed by atoms with Gasteiger partial charge in [-0.25, -0.2) is 0 Å². The first kappa shape index (κ1) is 21.1. The number of fused-ring (bicyclic) bond motifs is 2. The van der Waals surface area contributed by atoms with Crippen molar-refractivity contribution in [2.75, 3.05) is 25.2 Å². The molecule has 0 unspecified atom stereocenters. The van der Waals surface area contributed by atoms with Gasteiger partial charge in [0.25, 0.3) is 11.6 Å². The van der Waals surface area contributed by atoms with Crippen LogP contribution in [-0.2, 0) is 11.3 Å². The molecule has 0 spiro atoms. The van der Waals surface area contributed by atoms with Crippen molar-refractivity contribution in [2.24, 2.45) is 4.99 Å². The number of thioether (sulfide) groups is 1. The Morgan fingerprint density at radius 3 is 2.65 bits per heavy atom. The summed E-state index contributed by atoms with van der Waals surface area (Å²) in [4.78, 5) is 27.7. The van der Waals surface area contributed by atoms with Crippen LogP contribution in [0.1, 0.15) is 5.56 Å². The molecule has 4 rings (SSSR count). The number of amides is 1. The van der Waals surface area contributed by atoms with Crippen molar-refractivity contribution in [3.8, 4) is 11.5 Å². The van der Waals surface area contributed by atoms with Crippen molar-refractivity contribution >= 4 is 51.0 Å². The minimum Gasteiger partial charge on any atom is -0.486 e. The molecule has 31 heavy (non-hydrogen) atoms. The standard InChI is InChI=1S/C21H19N3O5S2/c1-30-11-8-23-16-12-17-18(29-10-9-28-17)13-19(16)31-21(23)22-20(25)7-4-14-2-5-15(6-3-14)24(26)27/h2-7,12-13H,8-11H2,1H3. The van der Waals surface area contributed by atoms with Crippen molar-refractivity contribution in [1.82, 2.24) is 4.57 Å². The van der Waals surface area contributed by atoms with Crippen LogP contribution in [0, 0.1) is 10.1 Å². The van der Waals surface area contributed by atoms with Crippen LogP contribution in [0.5, 0.6) is 11.5 Å². The molecule has 2 aromatic carbocycles. The number of rotatable bonds is 6. The fourth-order valence-corrected chi connectivity index (χ4v) is 4.53. The normalized spacial score (nSPS) is 13.8. The van der Waals surface area contributed by atoms with Crippen LogP contribution in [0.2, 0.25) is 0 Å². The smallest absolute Gasteiger partial charge is 0.272 e. The Morgan fingerprint density at radius 1 is 1.26 bits per heavy atom. The Hall–Kier alpha value is -3.11. The molecule has 0 saturated heterocycles. The predicted molar refractivity (Wildman–Crippen MR) is 122 cm³/mol. The molecule has 1 amide bonds. The molecular formula is C21H19N3O5S2. The molecule has 10 heteroatoms. The second-order valence-electron chi connectivity index (χ2n) is 6.62. The molecular weight excluding hydrogens is 438 g/mol. The van der Waals surface area contributed by atoms with Gasteiger partial charge in [-0.1, -0.05) is 11.3 Å². The Labute approximate surface area is 186 Å². The van der Waals surface area contributed by atoms with Crippen LogP contribution in [0.3, 0.4) is 0 Å². The molecule has 2 heterocycles. The maximum atomic E-state index is 12.5. The van der Waals surface area contributed by atoms with Gasteiger partial charge in [-0.3, -0.25) is 14.9 Å². The molecule has 1 aliphatic heterocycles. The number of aryl methyl sites for hydroxylation is 1. The van der Waals surface area contributed by atoms with E-state index in [9.17, 15) is 14.9 Å². The number of non-ortho nitro benzene ring substituents is 1. The lowest BCUT2D eigenvalue weighted by molar-refractivity contribution is -0.384. The minimum absolute atomic E-state index is 0.00364. The Kier molecular flexibility index (Phi) is 6.38. The molecule has 0 aliphatic carbocycles. The van der Waals surface area contributed by atoms with E-state index in [0.717, 1.165) is 16.0 Å². The van der Waals surface area contributed by atoms with Crippen molar-refractivity contribution < 1.29 is 19.2 Å². The molecule has 0 saturated carbocycles. The Bertz CT molecular complexity index is 1230. The lowest BCUT2D eigenvalue weighted by Gasteiger charge is -2.18. The second-order valence-corrected chi connectivity index (χ2v) is 8.62. The third-order valence-corrected chi connectivity index (χ3v) is 6.23. The van der Waals surface area contributed by atoms with Crippen LogP contribution >= 0.6 is 23.1 Å². The van der Waals surface area contributed by atoms with Crippen LogP contribution < -0.4 is 14.3 Å². The summed E-state index contributed by atoms with van der Waals surface area (Å²) < 4.78 is 14.4. The fraction of sp³-hybridized carbons (Fsp3) is 0.238. The van der Waals surface area contributed by atoms with Gasteiger partial charge in [0.2, 0.25) is 0 Å². The van der Waals surface area contributed by atoms with Gasteiger partial charge in [-0.2, -0.15) is 16.8 Å². The van der Waals surface area contributed by atoms with Crippen LogP contribution in [-0.4, -0.2) is 40.6 Å². The van der Waals surface area contributed by atoms with Gasteiger partial charge in [-0.05, 0) is 30.0 Å². The lowest BCUT2D eigenvalue weighted by Crippen LogP contribution is -2.18. The van der Waals surface area contributed by atoms with Gasteiger partial charge >= 0.3 is 0 Å². The Balaban J connectivity index is 1.66. The number of aromatic nitrogens is 1.